The van der Waals surface area contributed by atoms with Gasteiger partial charge in [0.1, 0.15) is 6.04 Å². The lowest BCUT2D eigenvalue weighted by atomic mass is 10.1. The Kier molecular flexibility index (Phi) is 9.82. The predicted octanol–water partition coefficient (Wildman–Crippen LogP) is 6.07. The van der Waals surface area contributed by atoms with Crippen LogP contribution in [0.25, 0.3) is 0 Å². The Morgan fingerprint density at radius 1 is 1.03 bits per heavy atom. The second-order valence-corrected chi connectivity index (χ2v) is 9.40. The Labute approximate surface area is 197 Å². The van der Waals surface area contributed by atoms with Crippen LogP contribution < -0.4 is 5.32 Å². The zero-order valence-electron chi connectivity index (χ0n) is 17.1. The highest BCUT2D eigenvalue weighted by Gasteiger charge is 2.29. The Balaban J connectivity index is 2.23. The largest absolute Gasteiger partial charge is 0.352 e. The zero-order valence-corrected chi connectivity index (χ0v) is 20.2. The van der Waals surface area contributed by atoms with Crippen molar-refractivity contribution in [1.29, 1.82) is 0 Å². The third-order valence-corrected chi connectivity index (χ3v) is 6.32. The van der Waals surface area contributed by atoms with Gasteiger partial charge in [-0.15, -0.1) is 11.8 Å². The highest BCUT2D eigenvalue weighted by molar-refractivity contribution is 8.00. The molecule has 0 saturated heterocycles. The van der Waals surface area contributed by atoms with Gasteiger partial charge in [-0.05, 0) is 62.2 Å². The third kappa shape index (κ3) is 7.38. The van der Waals surface area contributed by atoms with E-state index < -0.39 is 6.04 Å². The molecule has 162 valence electrons. The van der Waals surface area contributed by atoms with E-state index in [4.69, 9.17) is 34.8 Å². The number of halogens is 3. The fourth-order valence-electron chi connectivity index (χ4n) is 2.89. The van der Waals surface area contributed by atoms with E-state index in [2.05, 4.69) is 5.32 Å². The number of amides is 2. The van der Waals surface area contributed by atoms with E-state index in [0.29, 0.717) is 21.5 Å². The minimum absolute atomic E-state index is 0.0167. The standard InChI is InChI=1S/C22H25Cl3N2O2S/c1-4-20(22(29)26-14(2)3)27(12-15-5-10-18(24)19(25)11-15)21(28)13-30-17-8-6-16(23)7-9-17/h5-11,14,20H,4,12-13H2,1-3H3,(H,26,29)/t20-/m1/s1. The summed E-state index contributed by atoms with van der Waals surface area (Å²) in [5.41, 5.74) is 0.810. The van der Waals surface area contributed by atoms with E-state index in [0.717, 1.165) is 10.5 Å². The molecule has 4 nitrogen and oxygen atoms in total. The number of carbonyl (C=O) groups is 2. The van der Waals surface area contributed by atoms with Crippen molar-refractivity contribution in [3.63, 3.8) is 0 Å². The number of rotatable bonds is 9. The van der Waals surface area contributed by atoms with E-state index in [9.17, 15) is 9.59 Å². The highest BCUT2D eigenvalue weighted by atomic mass is 35.5. The SMILES string of the molecule is CC[C@H](C(=O)NC(C)C)N(Cc1ccc(Cl)c(Cl)c1)C(=O)CSc1ccc(Cl)cc1. The van der Waals surface area contributed by atoms with Gasteiger partial charge in [0.2, 0.25) is 11.8 Å². The molecule has 0 heterocycles. The predicted molar refractivity (Wildman–Crippen MR) is 127 cm³/mol. The average Bonchev–Trinajstić information content (AvgIpc) is 2.69. The van der Waals surface area contributed by atoms with Crippen LogP contribution in [0, 0.1) is 0 Å². The van der Waals surface area contributed by atoms with Gasteiger partial charge in [0.25, 0.3) is 0 Å². The smallest absolute Gasteiger partial charge is 0.243 e. The van der Waals surface area contributed by atoms with Gasteiger partial charge in [-0.3, -0.25) is 9.59 Å². The van der Waals surface area contributed by atoms with Crippen molar-refractivity contribution in [1.82, 2.24) is 10.2 Å². The molecule has 1 atom stereocenters. The second-order valence-electron chi connectivity index (χ2n) is 7.10. The Morgan fingerprint density at radius 2 is 1.70 bits per heavy atom. The molecule has 2 rings (SSSR count). The number of nitrogens with one attached hydrogen (secondary N) is 1. The van der Waals surface area contributed by atoms with Crippen LogP contribution in [-0.2, 0) is 16.1 Å². The summed E-state index contributed by atoms with van der Waals surface area (Å²) in [7, 11) is 0. The van der Waals surface area contributed by atoms with Crippen LogP contribution in [0.2, 0.25) is 15.1 Å². The van der Waals surface area contributed by atoms with Crippen molar-refractivity contribution < 1.29 is 9.59 Å². The summed E-state index contributed by atoms with van der Waals surface area (Å²) >= 11 is 19.5. The van der Waals surface area contributed by atoms with Crippen LogP contribution in [-0.4, -0.2) is 34.6 Å². The van der Waals surface area contributed by atoms with Gasteiger partial charge in [-0.2, -0.15) is 0 Å². The summed E-state index contributed by atoms with van der Waals surface area (Å²) in [6.45, 7) is 5.95. The quantitative estimate of drug-likeness (QED) is 0.437. The molecule has 0 radical (unpaired) electrons. The van der Waals surface area contributed by atoms with Gasteiger partial charge in [0, 0.05) is 22.5 Å². The maximum Gasteiger partial charge on any atom is 0.243 e. The number of benzene rings is 2. The molecule has 2 aromatic rings. The van der Waals surface area contributed by atoms with E-state index >= 15 is 0 Å². The first-order chi connectivity index (χ1) is 14.2. The normalized spacial score (nSPS) is 12.0. The number of thioether (sulfide) groups is 1. The minimum Gasteiger partial charge on any atom is -0.352 e. The number of hydrogen-bond donors (Lipinski definition) is 1. The molecular formula is C22H25Cl3N2O2S. The van der Waals surface area contributed by atoms with Gasteiger partial charge in [-0.1, -0.05) is 47.8 Å². The summed E-state index contributed by atoms with van der Waals surface area (Å²) < 4.78 is 0. The summed E-state index contributed by atoms with van der Waals surface area (Å²) in [6.07, 6.45) is 0.497. The fourth-order valence-corrected chi connectivity index (χ4v) is 4.12. The molecule has 0 aliphatic carbocycles. The zero-order chi connectivity index (χ0) is 22.3. The van der Waals surface area contributed by atoms with Crippen molar-refractivity contribution in [2.75, 3.05) is 5.75 Å². The molecule has 8 heteroatoms. The molecule has 0 aliphatic heterocycles. The maximum atomic E-state index is 13.2. The Morgan fingerprint density at radius 3 is 2.27 bits per heavy atom. The molecule has 30 heavy (non-hydrogen) atoms. The molecule has 0 bridgehead atoms. The molecule has 0 saturated carbocycles. The first-order valence-electron chi connectivity index (χ1n) is 9.63. The van der Waals surface area contributed by atoms with Crippen molar-refractivity contribution in [3.05, 3.63) is 63.1 Å². The van der Waals surface area contributed by atoms with Gasteiger partial charge < -0.3 is 10.2 Å². The molecule has 0 unspecified atom stereocenters. The van der Waals surface area contributed by atoms with E-state index in [-0.39, 0.29) is 30.2 Å². The summed E-state index contributed by atoms with van der Waals surface area (Å²) in [5.74, 6) is -0.0989. The van der Waals surface area contributed by atoms with Crippen molar-refractivity contribution in [2.45, 2.75) is 50.7 Å². The van der Waals surface area contributed by atoms with E-state index in [1.54, 1.807) is 29.2 Å². The molecule has 2 aromatic carbocycles. The molecular weight excluding hydrogens is 463 g/mol. The van der Waals surface area contributed by atoms with Gasteiger partial charge in [-0.25, -0.2) is 0 Å². The summed E-state index contributed by atoms with van der Waals surface area (Å²) in [6, 6.07) is 11.9. The first-order valence-corrected chi connectivity index (χ1v) is 11.7. The monoisotopic (exact) mass is 486 g/mol. The summed E-state index contributed by atoms with van der Waals surface area (Å²) in [4.78, 5) is 28.5. The van der Waals surface area contributed by atoms with Gasteiger partial charge in [0.15, 0.2) is 0 Å². The Bertz CT molecular complexity index is 875. The lowest BCUT2D eigenvalue weighted by Gasteiger charge is -2.31. The molecule has 1 N–H and O–H groups in total. The van der Waals surface area contributed by atoms with Crippen LogP contribution in [0.1, 0.15) is 32.8 Å². The topological polar surface area (TPSA) is 49.4 Å². The lowest BCUT2D eigenvalue weighted by Crippen LogP contribution is -2.50. The van der Waals surface area contributed by atoms with Crippen LogP contribution in [0.4, 0.5) is 0 Å². The molecule has 0 aliphatic rings. The van der Waals surface area contributed by atoms with E-state index in [1.807, 2.05) is 39.0 Å². The van der Waals surface area contributed by atoms with Crippen LogP contribution in [0.15, 0.2) is 47.4 Å². The van der Waals surface area contributed by atoms with Crippen LogP contribution in [0.3, 0.4) is 0 Å². The highest BCUT2D eigenvalue weighted by Crippen LogP contribution is 2.25. The number of hydrogen-bond acceptors (Lipinski definition) is 3. The fraction of sp³-hybridized carbons (Fsp3) is 0.364. The van der Waals surface area contributed by atoms with Gasteiger partial charge >= 0.3 is 0 Å². The van der Waals surface area contributed by atoms with Crippen molar-refractivity contribution in [2.24, 2.45) is 0 Å². The third-order valence-electron chi connectivity index (χ3n) is 4.33. The van der Waals surface area contributed by atoms with Gasteiger partial charge in [0.05, 0.1) is 15.8 Å². The van der Waals surface area contributed by atoms with Crippen LogP contribution >= 0.6 is 46.6 Å². The average molecular weight is 488 g/mol. The molecule has 0 fully saturated rings. The molecule has 0 spiro atoms. The van der Waals surface area contributed by atoms with Crippen molar-refractivity contribution in [3.8, 4) is 0 Å². The van der Waals surface area contributed by atoms with Crippen molar-refractivity contribution >= 4 is 58.4 Å². The van der Waals surface area contributed by atoms with Crippen LogP contribution in [0.5, 0.6) is 0 Å². The molecule has 2 amide bonds. The summed E-state index contributed by atoms with van der Waals surface area (Å²) in [5, 5.41) is 4.42. The minimum atomic E-state index is -0.583. The number of nitrogens with zero attached hydrogens (tertiary/aromatic N) is 1. The lowest BCUT2D eigenvalue weighted by molar-refractivity contribution is -0.139. The maximum absolute atomic E-state index is 13.2. The second kappa shape index (κ2) is 11.8. The number of carbonyl (C=O) groups excluding carboxylic acids is 2. The molecule has 0 aromatic heterocycles. The first kappa shape index (κ1) is 24.9. The van der Waals surface area contributed by atoms with E-state index in [1.165, 1.54) is 11.8 Å². The Hall–Kier alpha value is -1.40.